The number of hydrazine groups is 1. The molecular formula is C20H25N3O2S. The van der Waals surface area contributed by atoms with Crippen LogP contribution in [0.4, 0.5) is 5.69 Å². The van der Waals surface area contributed by atoms with Gasteiger partial charge in [-0.2, -0.15) is 0 Å². The van der Waals surface area contributed by atoms with Crippen LogP contribution in [0.5, 0.6) is 5.75 Å². The summed E-state index contributed by atoms with van der Waals surface area (Å²) in [6.45, 7) is 3.77. The molecule has 6 heteroatoms. The van der Waals surface area contributed by atoms with Gasteiger partial charge in [0, 0.05) is 42.7 Å². The minimum Gasteiger partial charge on any atom is -0.494 e. The molecule has 0 unspecified atom stereocenters. The molecule has 1 amide bonds. The molecule has 0 bridgehead atoms. The topological polar surface area (TPSA) is 53.6 Å². The number of hydrogen-bond donors (Lipinski definition) is 2. The van der Waals surface area contributed by atoms with Crippen molar-refractivity contribution in [3.63, 3.8) is 0 Å². The predicted octanol–water partition coefficient (Wildman–Crippen LogP) is 3.35. The number of rotatable bonds is 7. The van der Waals surface area contributed by atoms with Gasteiger partial charge < -0.3 is 10.1 Å². The Labute approximate surface area is 158 Å². The number of amides is 1. The molecule has 2 N–H and O–H groups in total. The summed E-state index contributed by atoms with van der Waals surface area (Å²) in [4.78, 5) is 13.0. The molecule has 0 saturated carbocycles. The van der Waals surface area contributed by atoms with E-state index in [4.69, 9.17) is 4.74 Å². The molecule has 2 aliphatic rings. The minimum atomic E-state index is 0.0907. The summed E-state index contributed by atoms with van der Waals surface area (Å²) < 4.78 is 5.84. The number of hydrogen-bond acceptors (Lipinski definition) is 5. The number of unbranched alkanes of at least 4 members (excludes halogenated alkanes) is 1. The second-order valence-electron chi connectivity index (χ2n) is 6.87. The Balaban J connectivity index is 1.14. The monoisotopic (exact) mass is 371 g/mol. The van der Waals surface area contributed by atoms with Gasteiger partial charge in [-0.1, -0.05) is 6.07 Å². The SMILES string of the molecule is O=C1CCc2ccc(OCCCCNN3CCc4sccc4C3)cc2N1. The van der Waals surface area contributed by atoms with Gasteiger partial charge in [0.25, 0.3) is 0 Å². The normalized spacial score (nSPS) is 16.7. The Kier molecular flexibility index (Phi) is 5.53. The van der Waals surface area contributed by atoms with Crippen molar-refractivity contribution >= 4 is 22.9 Å². The van der Waals surface area contributed by atoms with Gasteiger partial charge in [0.05, 0.1) is 6.61 Å². The van der Waals surface area contributed by atoms with Crippen LogP contribution in [-0.4, -0.2) is 30.6 Å². The molecule has 138 valence electrons. The molecule has 4 rings (SSSR count). The lowest BCUT2D eigenvalue weighted by atomic mass is 10.0. The van der Waals surface area contributed by atoms with E-state index < -0.39 is 0 Å². The minimum absolute atomic E-state index is 0.0907. The fraction of sp³-hybridized carbons (Fsp3) is 0.450. The third-order valence-electron chi connectivity index (χ3n) is 4.96. The summed E-state index contributed by atoms with van der Waals surface area (Å²) in [5, 5.41) is 7.43. The number of fused-ring (bicyclic) bond motifs is 2. The number of aryl methyl sites for hydroxylation is 1. The first-order valence-corrected chi connectivity index (χ1v) is 10.3. The Hall–Kier alpha value is -1.89. The maximum absolute atomic E-state index is 11.5. The van der Waals surface area contributed by atoms with Crippen molar-refractivity contribution in [2.75, 3.05) is 25.0 Å². The summed E-state index contributed by atoms with van der Waals surface area (Å²) in [6.07, 6.45) is 4.63. The van der Waals surface area contributed by atoms with E-state index in [1.165, 1.54) is 16.0 Å². The number of nitrogens with one attached hydrogen (secondary N) is 2. The number of carbonyl (C=O) groups excluding carboxylic acids is 1. The molecule has 0 atom stereocenters. The summed E-state index contributed by atoms with van der Waals surface area (Å²) in [7, 11) is 0. The largest absolute Gasteiger partial charge is 0.494 e. The van der Waals surface area contributed by atoms with Gasteiger partial charge in [-0.25, -0.2) is 5.01 Å². The lowest BCUT2D eigenvalue weighted by Gasteiger charge is -2.27. The first kappa shape index (κ1) is 17.5. The van der Waals surface area contributed by atoms with E-state index in [0.29, 0.717) is 13.0 Å². The quantitative estimate of drug-likeness (QED) is 0.733. The Morgan fingerprint density at radius 3 is 3.08 bits per heavy atom. The van der Waals surface area contributed by atoms with Crippen LogP contribution in [0.15, 0.2) is 29.6 Å². The summed E-state index contributed by atoms with van der Waals surface area (Å²) >= 11 is 1.87. The van der Waals surface area contributed by atoms with E-state index in [1.807, 2.05) is 23.5 Å². The fourth-order valence-corrected chi connectivity index (χ4v) is 4.37. The van der Waals surface area contributed by atoms with Crippen molar-refractivity contribution in [3.8, 4) is 5.75 Å². The highest BCUT2D eigenvalue weighted by atomic mass is 32.1. The highest BCUT2D eigenvalue weighted by Gasteiger charge is 2.16. The predicted molar refractivity (Wildman–Crippen MR) is 105 cm³/mol. The zero-order valence-electron chi connectivity index (χ0n) is 14.9. The van der Waals surface area contributed by atoms with Gasteiger partial charge in [-0.15, -0.1) is 11.3 Å². The average Bonchev–Trinajstić information content (AvgIpc) is 3.12. The molecule has 2 aliphatic heterocycles. The maximum Gasteiger partial charge on any atom is 0.224 e. The van der Waals surface area contributed by atoms with Gasteiger partial charge >= 0.3 is 0 Å². The molecule has 1 aromatic carbocycles. The summed E-state index contributed by atoms with van der Waals surface area (Å²) in [6, 6.07) is 8.24. The van der Waals surface area contributed by atoms with E-state index in [1.54, 1.807) is 0 Å². The molecule has 1 aromatic heterocycles. The Morgan fingerprint density at radius 2 is 2.12 bits per heavy atom. The Morgan fingerprint density at radius 1 is 1.15 bits per heavy atom. The van der Waals surface area contributed by atoms with Gasteiger partial charge in [0.2, 0.25) is 5.91 Å². The first-order chi connectivity index (χ1) is 12.8. The van der Waals surface area contributed by atoms with E-state index in [-0.39, 0.29) is 5.91 Å². The van der Waals surface area contributed by atoms with Crippen molar-refractivity contribution in [3.05, 3.63) is 45.6 Å². The Bertz CT molecular complexity index is 774. The van der Waals surface area contributed by atoms with Crippen LogP contribution in [0, 0.1) is 0 Å². The van der Waals surface area contributed by atoms with Crippen molar-refractivity contribution < 1.29 is 9.53 Å². The molecule has 26 heavy (non-hydrogen) atoms. The molecule has 3 heterocycles. The number of anilines is 1. The average molecular weight is 372 g/mol. The van der Waals surface area contributed by atoms with E-state index in [0.717, 1.165) is 56.8 Å². The molecule has 0 spiro atoms. The van der Waals surface area contributed by atoms with Crippen LogP contribution in [0.25, 0.3) is 0 Å². The van der Waals surface area contributed by atoms with E-state index in [9.17, 15) is 4.79 Å². The molecule has 2 aromatic rings. The zero-order chi connectivity index (χ0) is 17.8. The van der Waals surface area contributed by atoms with Crippen molar-refractivity contribution in [1.82, 2.24) is 10.4 Å². The van der Waals surface area contributed by atoms with Gasteiger partial charge in [0.1, 0.15) is 5.75 Å². The molecular weight excluding hydrogens is 346 g/mol. The number of nitrogens with zero attached hydrogens (tertiary/aromatic N) is 1. The van der Waals surface area contributed by atoms with Crippen LogP contribution in [0.3, 0.4) is 0 Å². The molecule has 0 saturated heterocycles. The van der Waals surface area contributed by atoms with E-state index in [2.05, 4.69) is 33.3 Å². The second-order valence-corrected chi connectivity index (χ2v) is 7.87. The highest BCUT2D eigenvalue weighted by molar-refractivity contribution is 7.10. The van der Waals surface area contributed by atoms with Crippen molar-refractivity contribution in [2.45, 2.75) is 38.6 Å². The highest BCUT2D eigenvalue weighted by Crippen LogP contribution is 2.27. The lowest BCUT2D eigenvalue weighted by molar-refractivity contribution is -0.116. The first-order valence-electron chi connectivity index (χ1n) is 9.37. The fourth-order valence-electron chi connectivity index (χ4n) is 3.48. The van der Waals surface area contributed by atoms with Gasteiger partial charge in [-0.3, -0.25) is 10.2 Å². The number of carbonyl (C=O) groups is 1. The van der Waals surface area contributed by atoms with Crippen LogP contribution in [0.2, 0.25) is 0 Å². The van der Waals surface area contributed by atoms with Crippen LogP contribution in [0.1, 0.15) is 35.3 Å². The molecule has 0 aliphatic carbocycles. The number of benzene rings is 1. The van der Waals surface area contributed by atoms with Crippen LogP contribution < -0.4 is 15.5 Å². The van der Waals surface area contributed by atoms with E-state index >= 15 is 0 Å². The van der Waals surface area contributed by atoms with Crippen LogP contribution >= 0.6 is 11.3 Å². The zero-order valence-corrected chi connectivity index (χ0v) is 15.7. The standard InChI is InChI=1S/C20H25N3O2S/c24-20-6-4-15-3-5-17(13-18(15)22-20)25-11-2-1-9-21-23-10-7-19-16(14-23)8-12-26-19/h3,5,8,12-13,21H,1-2,4,6-7,9-11,14H2,(H,22,24). The third kappa shape index (κ3) is 4.26. The van der Waals surface area contributed by atoms with Crippen molar-refractivity contribution in [1.29, 1.82) is 0 Å². The van der Waals surface area contributed by atoms with Gasteiger partial charge in [-0.05, 0) is 54.3 Å². The number of ether oxygens (including phenoxy) is 1. The maximum atomic E-state index is 11.5. The molecule has 5 nitrogen and oxygen atoms in total. The van der Waals surface area contributed by atoms with Crippen LogP contribution in [-0.2, 0) is 24.2 Å². The smallest absolute Gasteiger partial charge is 0.224 e. The van der Waals surface area contributed by atoms with Gasteiger partial charge in [0.15, 0.2) is 0 Å². The summed E-state index contributed by atoms with van der Waals surface area (Å²) in [5.74, 6) is 0.924. The molecule has 0 fully saturated rings. The molecule has 0 radical (unpaired) electrons. The third-order valence-corrected chi connectivity index (χ3v) is 5.98. The number of thiophene rings is 1. The second kappa shape index (κ2) is 8.20. The van der Waals surface area contributed by atoms with Crippen molar-refractivity contribution in [2.24, 2.45) is 0 Å². The summed E-state index contributed by atoms with van der Waals surface area (Å²) in [5.41, 5.74) is 7.09. The lowest BCUT2D eigenvalue weighted by Crippen LogP contribution is -2.41.